The van der Waals surface area contributed by atoms with E-state index in [2.05, 4.69) is 15.9 Å². The third kappa shape index (κ3) is 2.26. The Labute approximate surface area is 103 Å². The van der Waals surface area contributed by atoms with Crippen molar-refractivity contribution in [2.75, 3.05) is 18.4 Å². The fourth-order valence-electron chi connectivity index (χ4n) is 1.95. The largest absolute Gasteiger partial charge is 0.338 e. The average molecular weight is 286 g/mol. The Kier molecular flexibility index (Phi) is 3.59. The van der Waals surface area contributed by atoms with E-state index in [1.165, 1.54) is 6.07 Å². The monoisotopic (exact) mass is 285 g/mol. The van der Waals surface area contributed by atoms with Crippen molar-refractivity contribution < 1.29 is 9.18 Å². The Morgan fingerprint density at radius 2 is 2.25 bits per heavy atom. The van der Waals surface area contributed by atoms with Gasteiger partial charge in [-0.2, -0.15) is 0 Å². The second-order valence-corrected chi connectivity index (χ2v) is 4.69. The summed E-state index contributed by atoms with van der Waals surface area (Å²) in [5, 5.41) is 0.897. The molecule has 1 unspecified atom stereocenters. The van der Waals surface area contributed by atoms with Gasteiger partial charge in [0.25, 0.3) is 5.91 Å². The van der Waals surface area contributed by atoms with Gasteiger partial charge in [-0.25, -0.2) is 4.39 Å². The molecule has 0 saturated carbocycles. The molecule has 0 bridgehead atoms. The van der Waals surface area contributed by atoms with E-state index in [-0.39, 0.29) is 11.5 Å². The zero-order valence-corrected chi connectivity index (χ0v) is 10.4. The van der Waals surface area contributed by atoms with E-state index < -0.39 is 5.82 Å². The molecular weight excluding hydrogens is 273 g/mol. The average Bonchev–Trinajstić information content (AvgIpc) is 2.77. The molecule has 16 heavy (non-hydrogen) atoms. The number of alkyl halides is 1. The fraction of sp³-hybridized carbons (Fsp3) is 0.417. The minimum absolute atomic E-state index is 0.178. The summed E-state index contributed by atoms with van der Waals surface area (Å²) >= 11 is 3.41. The second kappa shape index (κ2) is 4.95. The summed E-state index contributed by atoms with van der Waals surface area (Å²) in [6.45, 7) is 1.45. The summed E-state index contributed by atoms with van der Waals surface area (Å²) in [4.78, 5) is 13.7. The number of likely N-dealkylation sites (tertiary alicyclic amines) is 1. The Morgan fingerprint density at radius 1 is 1.50 bits per heavy atom. The predicted molar refractivity (Wildman–Crippen MR) is 64.2 cm³/mol. The lowest BCUT2D eigenvalue weighted by molar-refractivity contribution is 0.0784. The number of hydrogen-bond acceptors (Lipinski definition) is 1. The lowest BCUT2D eigenvalue weighted by Crippen LogP contribution is -2.29. The first-order chi connectivity index (χ1) is 7.72. The van der Waals surface area contributed by atoms with Crippen LogP contribution >= 0.6 is 15.9 Å². The van der Waals surface area contributed by atoms with Crippen LogP contribution in [0.3, 0.4) is 0 Å². The van der Waals surface area contributed by atoms with E-state index in [0.29, 0.717) is 5.92 Å². The van der Waals surface area contributed by atoms with Gasteiger partial charge in [-0.05, 0) is 24.5 Å². The quantitative estimate of drug-likeness (QED) is 0.765. The van der Waals surface area contributed by atoms with Gasteiger partial charge in [0.1, 0.15) is 5.82 Å². The topological polar surface area (TPSA) is 20.3 Å². The number of halogens is 2. The van der Waals surface area contributed by atoms with Crippen LogP contribution in [0.25, 0.3) is 0 Å². The first-order valence-electron chi connectivity index (χ1n) is 5.32. The van der Waals surface area contributed by atoms with Crippen LogP contribution in [0.2, 0.25) is 0 Å². The molecule has 1 heterocycles. The summed E-state index contributed by atoms with van der Waals surface area (Å²) in [5.74, 6) is -0.132. The van der Waals surface area contributed by atoms with Gasteiger partial charge in [-0.1, -0.05) is 28.1 Å². The minimum Gasteiger partial charge on any atom is -0.338 e. The van der Waals surface area contributed by atoms with Crippen LogP contribution in [-0.4, -0.2) is 29.2 Å². The first-order valence-corrected chi connectivity index (χ1v) is 6.44. The van der Waals surface area contributed by atoms with Gasteiger partial charge in [0.15, 0.2) is 0 Å². The number of benzene rings is 1. The molecule has 0 radical (unpaired) electrons. The van der Waals surface area contributed by atoms with Crippen LogP contribution in [0.5, 0.6) is 0 Å². The molecule has 1 amide bonds. The van der Waals surface area contributed by atoms with Gasteiger partial charge in [0.05, 0.1) is 5.56 Å². The summed E-state index contributed by atoms with van der Waals surface area (Å²) in [7, 11) is 0. The van der Waals surface area contributed by atoms with Gasteiger partial charge in [-0.15, -0.1) is 0 Å². The lowest BCUT2D eigenvalue weighted by atomic mass is 10.1. The van der Waals surface area contributed by atoms with Crippen LogP contribution in [-0.2, 0) is 0 Å². The lowest BCUT2D eigenvalue weighted by Gasteiger charge is -2.16. The second-order valence-electron chi connectivity index (χ2n) is 4.04. The molecular formula is C12H13BrFNO. The minimum atomic E-state index is -0.435. The van der Waals surface area contributed by atoms with Crippen LogP contribution in [0.15, 0.2) is 24.3 Å². The van der Waals surface area contributed by atoms with Crippen LogP contribution in [0.1, 0.15) is 16.8 Å². The van der Waals surface area contributed by atoms with E-state index in [9.17, 15) is 9.18 Å². The molecule has 2 rings (SSSR count). The van der Waals surface area contributed by atoms with E-state index in [0.717, 1.165) is 24.8 Å². The molecule has 4 heteroatoms. The maximum atomic E-state index is 13.4. The number of hydrogen-bond donors (Lipinski definition) is 0. The molecule has 0 aliphatic carbocycles. The van der Waals surface area contributed by atoms with E-state index in [1.54, 1.807) is 23.1 Å². The van der Waals surface area contributed by atoms with Gasteiger partial charge in [0.2, 0.25) is 0 Å². The van der Waals surface area contributed by atoms with Crippen LogP contribution < -0.4 is 0 Å². The smallest absolute Gasteiger partial charge is 0.256 e. The Bertz CT molecular complexity index is 396. The van der Waals surface area contributed by atoms with Gasteiger partial charge >= 0.3 is 0 Å². The molecule has 0 aromatic heterocycles. The van der Waals surface area contributed by atoms with Crippen molar-refractivity contribution in [3.63, 3.8) is 0 Å². The van der Waals surface area contributed by atoms with E-state index in [4.69, 9.17) is 0 Å². The van der Waals surface area contributed by atoms with E-state index >= 15 is 0 Å². The van der Waals surface area contributed by atoms with Crippen LogP contribution in [0, 0.1) is 11.7 Å². The van der Waals surface area contributed by atoms with Crippen molar-refractivity contribution >= 4 is 21.8 Å². The molecule has 0 spiro atoms. The normalized spacial score (nSPS) is 20.1. The van der Waals surface area contributed by atoms with Crippen molar-refractivity contribution in [1.29, 1.82) is 0 Å². The Hall–Kier alpha value is -0.900. The standard InChI is InChI=1S/C12H13BrFNO/c13-7-9-5-6-15(8-9)12(16)10-3-1-2-4-11(10)14/h1-4,9H,5-8H2. The predicted octanol–water partition coefficient (Wildman–Crippen LogP) is 2.68. The van der Waals surface area contributed by atoms with Gasteiger partial charge in [0, 0.05) is 18.4 Å². The zero-order valence-electron chi connectivity index (χ0n) is 8.83. The number of carbonyl (C=O) groups excluding carboxylic acids is 1. The van der Waals surface area contributed by atoms with Gasteiger partial charge < -0.3 is 4.90 Å². The van der Waals surface area contributed by atoms with Crippen molar-refractivity contribution in [1.82, 2.24) is 4.90 Å². The van der Waals surface area contributed by atoms with Gasteiger partial charge in [-0.3, -0.25) is 4.79 Å². The molecule has 1 fully saturated rings. The SMILES string of the molecule is O=C(c1ccccc1F)N1CCC(CBr)C1. The Morgan fingerprint density at radius 3 is 2.88 bits per heavy atom. The third-order valence-electron chi connectivity index (χ3n) is 2.90. The molecule has 0 N–H and O–H groups in total. The van der Waals surface area contributed by atoms with Crippen molar-refractivity contribution in [3.05, 3.63) is 35.6 Å². The summed E-state index contributed by atoms with van der Waals surface area (Å²) in [6, 6.07) is 6.15. The summed E-state index contributed by atoms with van der Waals surface area (Å²) in [5.41, 5.74) is 0.178. The van der Waals surface area contributed by atoms with Crippen molar-refractivity contribution in [3.8, 4) is 0 Å². The molecule has 1 aromatic rings. The van der Waals surface area contributed by atoms with Crippen molar-refractivity contribution in [2.24, 2.45) is 5.92 Å². The van der Waals surface area contributed by atoms with E-state index in [1.807, 2.05) is 0 Å². The Balaban J connectivity index is 2.12. The molecule has 2 nitrogen and oxygen atoms in total. The molecule has 1 aliphatic rings. The van der Waals surface area contributed by atoms with Crippen molar-refractivity contribution in [2.45, 2.75) is 6.42 Å². The highest BCUT2D eigenvalue weighted by Gasteiger charge is 2.27. The summed E-state index contributed by atoms with van der Waals surface area (Å²) < 4.78 is 13.4. The first kappa shape index (κ1) is 11.6. The molecule has 86 valence electrons. The third-order valence-corrected chi connectivity index (χ3v) is 3.81. The maximum absolute atomic E-state index is 13.4. The fourth-order valence-corrected chi connectivity index (χ4v) is 2.48. The number of nitrogens with zero attached hydrogens (tertiary/aromatic N) is 1. The zero-order chi connectivity index (χ0) is 11.5. The highest BCUT2D eigenvalue weighted by molar-refractivity contribution is 9.09. The highest BCUT2D eigenvalue weighted by atomic mass is 79.9. The molecule has 1 aromatic carbocycles. The van der Waals surface area contributed by atoms with Crippen LogP contribution in [0.4, 0.5) is 4.39 Å². The number of amides is 1. The molecule has 1 aliphatic heterocycles. The highest BCUT2D eigenvalue weighted by Crippen LogP contribution is 2.21. The summed E-state index contributed by atoms with van der Waals surface area (Å²) in [6.07, 6.45) is 0.992. The number of carbonyl (C=O) groups is 1. The molecule has 1 saturated heterocycles. The molecule has 1 atom stereocenters. The maximum Gasteiger partial charge on any atom is 0.256 e. The number of rotatable bonds is 2.